The van der Waals surface area contributed by atoms with E-state index >= 15 is 0 Å². The van der Waals surface area contributed by atoms with Crippen LogP contribution in [0.2, 0.25) is 0 Å². The first-order chi connectivity index (χ1) is 8.74. The van der Waals surface area contributed by atoms with Gasteiger partial charge in [0, 0.05) is 16.3 Å². The highest BCUT2D eigenvalue weighted by atomic mass is 32.1. The van der Waals surface area contributed by atoms with Crippen molar-refractivity contribution in [2.24, 2.45) is 0 Å². The van der Waals surface area contributed by atoms with Crippen LogP contribution in [0.4, 0.5) is 0 Å². The molecule has 0 radical (unpaired) electrons. The van der Waals surface area contributed by atoms with Crippen LogP contribution < -0.4 is 10.1 Å². The normalized spacial score (nSPS) is 12.4. The molecule has 1 atom stereocenters. The first-order valence-electron chi connectivity index (χ1n) is 6.08. The van der Waals surface area contributed by atoms with E-state index in [1.165, 1.54) is 16.0 Å². The number of nitrogens with one attached hydrogen (secondary N) is 1. The standard InChI is InChI=1S/C15H19NOS/c1-11-6-4-5-7-12(11)8-14(16-2)15-9-13(17-3)10-18-15/h4-7,9-10,14,16H,8H2,1-3H3. The maximum Gasteiger partial charge on any atom is 0.129 e. The van der Waals surface area contributed by atoms with Crippen LogP contribution in [0.15, 0.2) is 35.7 Å². The summed E-state index contributed by atoms with van der Waals surface area (Å²) in [5.74, 6) is 0.944. The van der Waals surface area contributed by atoms with Gasteiger partial charge in [0.25, 0.3) is 0 Å². The molecule has 0 spiro atoms. The van der Waals surface area contributed by atoms with Crippen molar-refractivity contribution in [2.45, 2.75) is 19.4 Å². The second kappa shape index (κ2) is 6.03. The molecule has 2 rings (SSSR count). The molecule has 0 saturated carbocycles. The maximum atomic E-state index is 5.25. The zero-order chi connectivity index (χ0) is 13.0. The van der Waals surface area contributed by atoms with E-state index < -0.39 is 0 Å². The fourth-order valence-electron chi connectivity index (χ4n) is 2.03. The second-order valence-corrected chi connectivity index (χ2v) is 5.30. The number of methoxy groups -OCH3 is 1. The van der Waals surface area contributed by atoms with Gasteiger partial charge in [0.15, 0.2) is 0 Å². The van der Waals surface area contributed by atoms with Gasteiger partial charge < -0.3 is 10.1 Å². The highest BCUT2D eigenvalue weighted by molar-refractivity contribution is 7.10. The van der Waals surface area contributed by atoms with Crippen LogP contribution in [0.3, 0.4) is 0 Å². The van der Waals surface area contributed by atoms with E-state index in [-0.39, 0.29) is 0 Å². The van der Waals surface area contributed by atoms with Crippen molar-refractivity contribution >= 4 is 11.3 Å². The second-order valence-electron chi connectivity index (χ2n) is 4.36. The topological polar surface area (TPSA) is 21.3 Å². The van der Waals surface area contributed by atoms with Crippen LogP contribution in [-0.4, -0.2) is 14.2 Å². The summed E-state index contributed by atoms with van der Waals surface area (Å²) < 4.78 is 5.25. The van der Waals surface area contributed by atoms with Crippen LogP contribution in [0.5, 0.6) is 5.75 Å². The van der Waals surface area contributed by atoms with E-state index in [0.29, 0.717) is 6.04 Å². The van der Waals surface area contributed by atoms with Crippen molar-refractivity contribution in [1.29, 1.82) is 0 Å². The molecule has 96 valence electrons. The molecular formula is C15H19NOS. The summed E-state index contributed by atoms with van der Waals surface area (Å²) in [4.78, 5) is 1.32. The van der Waals surface area contributed by atoms with E-state index in [1.54, 1.807) is 18.4 Å². The van der Waals surface area contributed by atoms with Crippen molar-refractivity contribution in [3.8, 4) is 5.75 Å². The van der Waals surface area contributed by atoms with Crippen LogP contribution in [-0.2, 0) is 6.42 Å². The number of rotatable bonds is 5. The molecule has 0 aliphatic rings. The molecule has 1 N–H and O–H groups in total. The predicted molar refractivity (Wildman–Crippen MR) is 77.6 cm³/mol. The Morgan fingerprint density at radius 2 is 2.11 bits per heavy atom. The highest BCUT2D eigenvalue weighted by Gasteiger charge is 2.13. The Morgan fingerprint density at radius 1 is 1.33 bits per heavy atom. The van der Waals surface area contributed by atoms with Crippen molar-refractivity contribution in [3.63, 3.8) is 0 Å². The van der Waals surface area contributed by atoms with Gasteiger partial charge in [-0.05, 0) is 37.6 Å². The minimum Gasteiger partial charge on any atom is -0.496 e. The number of aryl methyl sites for hydroxylation is 1. The van der Waals surface area contributed by atoms with Crippen LogP contribution in [0.1, 0.15) is 22.0 Å². The van der Waals surface area contributed by atoms with Crippen molar-refractivity contribution in [1.82, 2.24) is 5.32 Å². The molecule has 0 amide bonds. The zero-order valence-electron chi connectivity index (χ0n) is 11.1. The molecule has 3 heteroatoms. The molecule has 18 heavy (non-hydrogen) atoms. The molecule has 2 aromatic rings. The van der Waals surface area contributed by atoms with Crippen LogP contribution >= 0.6 is 11.3 Å². The van der Waals surface area contributed by atoms with Crippen LogP contribution in [0, 0.1) is 6.92 Å². The Morgan fingerprint density at radius 3 is 2.72 bits per heavy atom. The fourth-order valence-corrected chi connectivity index (χ4v) is 2.99. The lowest BCUT2D eigenvalue weighted by atomic mass is 10.0. The van der Waals surface area contributed by atoms with Crippen molar-refractivity contribution in [3.05, 3.63) is 51.7 Å². The Bertz CT molecular complexity index is 507. The quantitative estimate of drug-likeness (QED) is 0.888. The average Bonchev–Trinajstić information content (AvgIpc) is 2.86. The lowest BCUT2D eigenvalue weighted by molar-refractivity contribution is 0.416. The minimum absolute atomic E-state index is 0.347. The van der Waals surface area contributed by atoms with E-state index in [9.17, 15) is 0 Å². The van der Waals surface area contributed by atoms with Gasteiger partial charge in [0.2, 0.25) is 0 Å². The van der Waals surface area contributed by atoms with E-state index in [2.05, 4.69) is 48.0 Å². The third kappa shape index (κ3) is 2.92. The summed E-state index contributed by atoms with van der Waals surface area (Å²) in [7, 11) is 3.72. The number of benzene rings is 1. The zero-order valence-corrected chi connectivity index (χ0v) is 11.9. The molecular weight excluding hydrogens is 242 g/mol. The summed E-state index contributed by atoms with van der Waals surface area (Å²) >= 11 is 1.74. The van der Waals surface area contributed by atoms with E-state index in [4.69, 9.17) is 4.74 Å². The van der Waals surface area contributed by atoms with Crippen molar-refractivity contribution in [2.75, 3.05) is 14.2 Å². The molecule has 1 heterocycles. The Kier molecular flexibility index (Phi) is 4.39. The summed E-state index contributed by atoms with van der Waals surface area (Å²) in [5, 5.41) is 5.44. The summed E-state index contributed by atoms with van der Waals surface area (Å²) in [5.41, 5.74) is 2.74. The fraction of sp³-hybridized carbons (Fsp3) is 0.333. The predicted octanol–water partition coefficient (Wildman–Crippen LogP) is 3.57. The first kappa shape index (κ1) is 13.1. The van der Waals surface area contributed by atoms with Crippen molar-refractivity contribution < 1.29 is 4.74 Å². The van der Waals surface area contributed by atoms with Gasteiger partial charge in [0.1, 0.15) is 5.75 Å². The summed E-state index contributed by atoms with van der Waals surface area (Å²) in [6.45, 7) is 2.16. The summed E-state index contributed by atoms with van der Waals surface area (Å²) in [6.07, 6.45) is 1.01. The van der Waals surface area contributed by atoms with Gasteiger partial charge in [0.05, 0.1) is 7.11 Å². The number of ether oxygens (including phenoxy) is 1. The third-order valence-corrected chi connectivity index (χ3v) is 4.23. The van der Waals surface area contributed by atoms with Gasteiger partial charge in [-0.15, -0.1) is 11.3 Å². The van der Waals surface area contributed by atoms with Gasteiger partial charge >= 0.3 is 0 Å². The number of likely N-dealkylation sites (N-methyl/N-ethyl adjacent to an activating group) is 1. The average molecular weight is 261 g/mol. The highest BCUT2D eigenvalue weighted by Crippen LogP contribution is 2.29. The monoisotopic (exact) mass is 261 g/mol. The lowest BCUT2D eigenvalue weighted by Gasteiger charge is -2.15. The molecule has 1 aromatic carbocycles. The molecule has 1 unspecified atom stereocenters. The Hall–Kier alpha value is -1.32. The van der Waals surface area contributed by atoms with Gasteiger partial charge in [-0.1, -0.05) is 24.3 Å². The van der Waals surface area contributed by atoms with Gasteiger partial charge in [-0.2, -0.15) is 0 Å². The number of hydrogen-bond acceptors (Lipinski definition) is 3. The molecule has 0 aliphatic heterocycles. The number of thiophene rings is 1. The molecule has 0 saturated heterocycles. The Labute approximate surface area is 113 Å². The summed E-state index contributed by atoms with van der Waals surface area (Å²) in [6, 6.07) is 11.0. The lowest BCUT2D eigenvalue weighted by Crippen LogP contribution is -2.18. The van der Waals surface area contributed by atoms with Crippen LogP contribution in [0.25, 0.3) is 0 Å². The van der Waals surface area contributed by atoms with E-state index in [0.717, 1.165) is 12.2 Å². The van der Waals surface area contributed by atoms with Gasteiger partial charge in [-0.3, -0.25) is 0 Å². The minimum atomic E-state index is 0.347. The molecule has 2 nitrogen and oxygen atoms in total. The molecule has 0 aliphatic carbocycles. The molecule has 1 aromatic heterocycles. The SMILES string of the molecule is CNC(Cc1ccccc1C)c1cc(OC)cs1. The molecule has 0 fully saturated rings. The Balaban J connectivity index is 2.17. The van der Waals surface area contributed by atoms with Gasteiger partial charge in [-0.25, -0.2) is 0 Å². The molecule has 0 bridgehead atoms. The number of hydrogen-bond donors (Lipinski definition) is 1. The van der Waals surface area contributed by atoms with E-state index in [1.807, 2.05) is 7.05 Å². The first-order valence-corrected chi connectivity index (χ1v) is 6.96. The largest absolute Gasteiger partial charge is 0.496 e. The smallest absolute Gasteiger partial charge is 0.129 e. The maximum absolute atomic E-state index is 5.25. The third-order valence-electron chi connectivity index (χ3n) is 3.21.